The third-order valence-electron chi connectivity index (χ3n) is 2.21. The summed E-state index contributed by atoms with van der Waals surface area (Å²) in [5, 5.41) is 0. The van der Waals surface area contributed by atoms with Crippen molar-refractivity contribution in [2.24, 2.45) is 5.73 Å². The van der Waals surface area contributed by atoms with Crippen molar-refractivity contribution in [2.45, 2.75) is 26.1 Å². The average Bonchev–Trinajstić information content (AvgIpc) is 2.15. The van der Waals surface area contributed by atoms with Crippen molar-refractivity contribution < 1.29 is 22.0 Å². The Morgan fingerprint density at radius 1 is 1.38 bits per heavy atom. The van der Waals surface area contributed by atoms with Crippen molar-refractivity contribution in [3.63, 3.8) is 0 Å². The van der Waals surface area contributed by atoms with Crippen molar-refractivity contribution in [2.75, 3.05) is 0 Å². The highest BCUT2D eigenvalue weighted by molar-refractivity contribution is 5.37. The van der Waals surface area contributed by atoms with E-state index in [2.05, 4.69) is 4.98 Å². The minimum Gasteiger partial charge on any atom is -0.326 e. The lowest BCUT2D eigenvalue weighted by atomic mass is 10.0. The lowest BCUT2D eigenvalue weighted by Crippen LogP contribution is -2.17. The molecule has 0 unspecified atom stereocenters. The van der Waals surface area contributed by atoms with Gasteiger partial charge in [-0.2, -0.15) is 13.2 Å². The fraction of sp³-hybridized carbons (Fsp3) is 0.444. The van der Waals surface area contributed by atoms with E-state index in [-0.39, 0.29) is 11.1 Å². The zero-order chi connectivity index (χ0) is 12.5. The molecule has 0 fully saturated rings. The number of hydrogen-bond acceptors (Lipinski definition) is 2. The topological polar surface area (TPSA) is 38.9 Å². The van der Waals surface area contributed by atoms with Crippen LogP contribution in [0.1, 0.15) is 28.8 Å². The van der Waals surface area contributed by atoms with E-state index in [1.165, 1.54) is 6.92 Å². The van der Waals surface area contributed by atoms with Gasteiger partial charge in [-0.3, -0.25) is 4.98 Å². The van der Waals surface area contributed by atoms with Gasteiger partial charge in [-0.25, -0.2) is 8.78 Å². The Kier molecular flexibility index (Phi) is 3.47. The first-order valence-electron chi connectivity index (χ1n) is 4.32. The summed E-state index contributed by atoms with van der Waals surface area (Å²) < 4.78 is 62.1. The Morgan fingerprint density at radius 2 is 1.94 bits per heavy atom. The van der Waals surface area contributed by atoms with Gasteiger partial charge in [0.15, 0.2) is 0 Å². The van der Waals surface area contributed by atoms with Crippen LogP contribution in [0.5, 0.6) is 0 Å². The summed E-state index contributed by atoms with van der Waals surface area (Å²) in [6.07, 6.45) is -7.00. The number of nitrogens with zero attached hydrogens (tertiary/aromatic N) is 1. The number of halogens is 5. The summed E-state index contributed by atoms with van der Waals surface area (Å²) in [5.41, 5.74) is 2.88. The highest BCUT2D eigenvalue weighted by atomic mass is 19.4. The van der Waals surface area contributed by atoms with Gasteiger partial charge in [0.05, 0.1) is 0 Å². The van der Waals surface area contributed by atoms with Gasteiger partial charge >= 0.3 is 6.18 Å². The van der Waals surface area contributed by atoms with Crippen LogP contribution in [-0.4, -0.2) is 4.98 Å². The van der Waals surface area contributed by atoms with Gasteiger partial charge in [-0.15, -0.1) is 0 Å². The molecule has 7 heteroatoms. The van der Waals surface area contributed by atoms with Crippen LogP contribution in [0.2, 0.25) is 0 Å². The first-order valence-corrected chi connectivity index (χ1v) is 4.32. The van der Waals surface area contributed by atoms with E-state index < -0.39 is 30.4 Å². The quantitative estimate of drug-likeness (QED) is 0.807. The van der Waals surface area contributed by atoms with E-state index in [0.717, 1.165) is 0 Å². The highest BCUT2D eigenvalue weighted by Crippen LogP contribution is 2.34. The van der Waals surface area contributed by atoms with Crippen LogP contribution < -0.4 is 5.73 Å². The van der Waals surface area contributed by atoms with Gasteiger partial charge in [-0.05, 0) is 18.1 Å². The lowest BCUT2D eigenvalue weighted by Gasteiger charge is -2.15. The van der Waals surface area contributed by atoms with E-state index in [4.69, 9.17) is 5.73 Å². The van der Waals surface area contributed by atoms with Crippen molar-refractivity contribution in [3.8, 4) is 0 Å². The number of alkyl halides is 5. The largest absolute Gasteiger partial charge is 0.433 e. The zero-order valence-corrected chi connectivity index (χ0v) is 8.28. The SMILES string of the molecule is Cc1c(C(F)F)cnc(C(F)(F)F)c1CN. The first-order chi connectivity index (χ1) is 7.29. The molecular formula is C9H9F5N2. The zero-order valence-electron chi connectivity index (χ0n) is 8.28. The van der Waals surface area contributed by atoms with Crippen molar-refractivity contribution in [3.05, 3.63) is 28.6 Å². The second kappa shape index (κ2) is 4.32. The molecule has 0 aliphatic carbocycles. The maximum Gasteiger partial charge on any atom is 0.433 e. The van der Waals surface area contributed by atoms with Crippen LogP contribution in [0.25, 0.3) is 0 Å². The molecule has 0 aliphatic rings. The Bertz CT molecular complexity index is 386. The molecule has 0 saturated carbocycles. The molecule has 0 atom stereocenters. The molecule has 1 rings (SSSR count). The summed E-state index contributed by atoms with van der Waals surface area (Å²) in [6.45, 7) is 0.703. The van der Waals surface area contributed by atoms with E-state index in [9.17, 15) is 22.0 Å². The lowest BCUT2D eigenvalue weighted by molar-refractivity contribution is -0.141. The Morgan fingerprint density at radius 3 is 2.31 bits per heavy atom. The second-order valence-corrected chi connectivity index (χ2v) is 3.17. The predicted molar refractivity (Wildman–Crippen MR) is 46.8 cm³/mol. The smallest absolute Gasteiger partial charge is 0.326 e. The molecule has 0 radical (unpaired) electrons. The fourth-order valence-electron chi connectivity index (χ4n) is 1.37. The number of hydrogen-bond donors (Lipinski definition) is 1. The molecule has 16 heavy (non-hydrogen) atoms. The molecule has 90 valence electrons. The van der Waals surface area contributed by atoms with Crippen molar-refractivity contribution in [1.82, 2.24) is 4.98 Å². The number of pyridine rings is 1. The monoisotopic (exact) mass is 240 g/mol. The molecule has 0 spiro atoms. The molecule has 0 saturated heterocycles. The number of rotatable bonds is 2. The average molecular weight is 240 g/mol. The summed E-state index contributed by atoms with van der Waals surface area (Å²) in [4.78, 5) is 3.02. The minimum atomic E-state index is -4.68. The predicted octanol–water partition coefficient (Wildman–Crippen LogP) is 2.81. The molecule has 0 aliphatic heterocycles. The van der Waals surface area contributed by atoms with Gasteiger partial charge in [-0.1, -0.05) is 0 Å². The number of aromatic nitrogens is 1. The highest BCUT2D eigenvalue weighted by Gasteiger charge is 2.36. The van der Waals surface area contributed by atoms with Gasteiger partial charge in [0, 0.05) is 18.3 Å². The molecular weight excluding hydrogens is 231 g/mol. The molecule has 2 N–H and O–H groups in total. The third kappa shape index (κ3) is 2.29. The van der Waals surface area contributed by atoms with Crippen molar-refractivity contribution >= 4 is 0 Å². The molecule has 0 aromatic carbocycles. The van der Waals surface area contributed by atoms with E-state index >= 15 is 0 Å². The van der Waals surface area contributed by atoms with E-state index in [1.807, 2.05) is 0 Å². The second-order valence-electron chi connectivity index (χ2n) is 3.17. The Labute approximate surface area is 88.3 Å². The summed E-state index contributed by atoms with van der Waals surface area (Å²) in [7, 11) is 0. The van der Waals surface area contributed by atoms with Crippen molar-refractivity contribution in [1.29, 1.82) is 0 Å². The molecule has 0 bridgehead atoms. The summed E-state index contributed by atoms with van der Waals surface area (Å²) >= 11 is 0. The van der Waals surface area contributed by atoms with Crippen LogP contribution in [0.15, 0.2) is 6.20 Å². The van der Waals surface area contributed by atoms with Gasteiger partial charge in [0.2, 0.25) is 0 Å². The standard InChI is InChI=1S/C9H9F5N2/c1-4-5(2-15)7(9(12,13)14)16-3-6(4)8(10)11/h3,8H,2,15H2,1H3. The van der Waals surface area contributed by atoms with Gasteiger partial charge < -0.3 is 5.73 Å². The van der Waals surface area contributed by atoms with Crippen LogP contribution in [-0.2, 0) is 12.7 Å². The first kappa shape index (κ1) is 12.8. The Hall–Kier alpha value is -1.24. The summed E-state index contributed by atoms with van der Waals surface area (Å²) in [5.74, 6) is 0. The number of nitrogens with two attached hydrogens (primary N) is 1. The minimum absolute atomic E-state index is 0.153. The molecule has 0 amide bonds. The van der Waals surface area contributed by atoms with E-state index in [0.29, 0.717) is 6.20 Å². The van der Waals surface area contributed by atoms with Crippen LogP contribution in [0.4, 0.5) is 22.0 Å². The Balaban J connectivity index is 3.41. The molecule has 2 nitrogen and oxygen atoms in total. The molecule has 1 heterocycles. The van der Waals surface area contributed by atoms with Crippen LogP contribution in [0.3, 0.4) is 0 Å². The molecule has 1 aromatic rings. The van der Waals surface area contributed by atoms with Crippen LogP contribution >= 0.6 is 0 Å². The fourth-order valence-corrected chi connectivity index (χ4v) is 1.37. The summed E-state index contributed by atoms with van der Waals surface area (Å²) in [6, 6.07) is 0. The van der Waals surface area contributed by atoms with Crippen LogP contribution in [0, 0.1) is 6.92 Å². The normalized spacial score (nSPS) is 12.2. The van der Waals surface area contributed by atoms with Gasteiger partial charge in [0.1, 0.15) is 5.69 Å². The maximum atomic E-state index is 12.4. The molecule has 1 aromatic heterocycles. The third-order valence-corrected chi connectivity index (χ3v) is 2.21. The van der Waals surface area contributed by atoms with Gasteiger partial charge in [0.25, 0.3) is 6.43 Å². The maximum absolute atomic E-state index is 12.4. The van der Waals surface area contributed by atoms with E-state index in [1.54, 1.807) is 0 Å².